The lowest BCUT2D eigenvalue weighted by atomic mass is 9.56. The number of aliphatic hydroxyl groups is 1. The summed E-state index contributed by atoms with van der Waals surface area (Å²) in [6.07, 6.45) is 7.93. The van der Waals surface area contributed by atoms with Crippen molar-refractivity contribution in [1.82, 2.24) is 0 Å². The van der Waals surface area contributed by atoms with E-state index in [2.05, 4.69) is 41.5 Å². The van der Waals surface area contributed by atoms with Gasteiger partial charge in [0.15, 0.2) is 0 Å². The average molecular weight is 478 g/mol. The molecule has 0 amide bonds. The monoisotopic (exact) mass is 476 g/mol. The van der Waals surface area contributed by atoms with Crippen LogP contribution in [0.4, 0.5) is 0 Å². The number of halogens is 2. The molecule has 0 unspecified atom stereocenters. The summed E-state index contributed by atoms with van der Waals surface area (Å²) in [5.74, 6) is -0.245. The number of hydrogen-bond donors (Lipinski definition) is 1. The zero-order chi connectivity index (χ0) is 22.9. The lowest BCUT2D eigenvalue weighted by molar-refractivity contribution is -0.219. The van der Waals surface area contributed by atoms with Crippen LogP contribution < -0.4 is 0 Å². The topological polar surface area (TPSA) is 38.7 Å². The molecule has 0 heterocycles. The smallest absolute Gasteiger partial charge is 0.200 e. The molecule has 174 valence electrons. The molecule has 2 aliphatic carbocycles. The van der Waals surface area contributed by atoms with Crippen LogP contribution in [0.3, 0.4) is 0 Å². The first-order valence-electron chi connectivity index (χ1n) is 11.5. The van der Waals surface area contributed by atoms with E-state index in [1.54, 1.807) is 7.11 Å². The highest BCUT2D eigenvalue weighted by Gasteiger charge is 2.63. The maximum atomic E-state index is 12.2. The SMILES string of the molecule is C/C=C1\CCC[C@@]2(OC)C[C@@H](O[Si](C(C)C)(C(C)C)C(C)C)C[C@@H](C=C(Cl)Cl)[C@]12O. The van der Waals surface area contributed by atoms with Gasteiger partial charge in [0.05, 0.1) is 0 Å². The van der Waals surface area contributed by atoms with E-state index in [0.29, 0.717) is 29.5 Å². The second-order valence-electron chi connectivity index (χ2n) is 10.2. The Bertz CT molecular complexity index is 635. The molecule has 2 aliphatic rings. The summed E-state index contributed by atoms with van der Waals surface area (Å²) in [6, 6.07) is 0. The lowest BCUT2D eigenvalue weighted by Crippen LogP contribution is -2.67. The molecule has 0 aromatic heterocycles. The van der Waals surface area contributed by atoms with Crippen molar-refractivity contribution in [2.75, 3.05) is 7.11 Å². The van der Waals surface area contributed by atoms with E-state index in [9.17, 15) is 5.11 Å². The minimum Gasteiger partial charge on any atom is -0.413 e. The molecule has 0 saturated heterocycles. The standard InChI is InChI=1S/C24H42Cl2O3Si/c1-9-19-11-10-12-23(28-8)15-21(13-20(14-22(25)26)24(19,23)27)29-30(16(2)3,17(4)5)18(6)7/h9,14,16-18,20-21,27H,10-13,15H2,1-8H3/b19-9+/t20-,21-,23+,24+/m0/s1. The molecule has 0 aromatic carbocycles. The molecule has 0 aliphatic heterocycles. The van der Waals surface area contributed by atoms with E-state index in [1.165, 1.54) is 0 Å². The van der Waals surface area contributed by atoms with Gasteiger partial charge in [-0.2, -0.15) is 0 Å². The summed E-state index contributed by atoms with van der Waals surface area (Å²) in [5.41, 5.74) is 0.733. The predicted molar refractivity (Wildman–Crippen MR) is 131 cm³/mol. The Morgan fingerprint density at radius 2 is 1.70 bits per heavy atom. The Hall–Kier alpha value is 0.157. The highest BCUT2D eigenvalue weighted by Crippen LogP contribution is 2.56. The molecule has 30 heavy (non-hydrogen) atoms. The van der Waals surface area contributed by atoms with Crippen molar-refractivity contribution in [2.24, 2.45) is 5.92 Å². The van der Waals surface area contributed by atoms with Crippen molar-refractivity contribution in [3.8, 4) is 0 Å². The van der Waals surface area contributed by atoms with Gasteiger partial charge in [0.1, 0.15) is 15.7 Å². The molecule has 2 rings (SSSR count). The van der Waals surface area contributed by atoms with Crippen molar-refractivity contribution >= 4 is 31.5 Å². The van der Waals surface area contributed by atoms with Crippen molar-refractivity contribution < 1.29 is 14.3 Å². The van der Waals surface area contributed by atoms with Gasteiger partial charge in [0.25, 0.3) is 0 Å². The molecule has 0 radical (unpaired) electrons. The molecule has 1 N–H and O–H groups in total. The summed E-state index contributed by atoms with van der Waals surface area (Å²) < 4.78 is 13.6. The highest BCUT2D eigenvalue weighted by molar-refractivity contribution is 6.77. The van der Waals surface area contributed by atoms with Crippen molar-refractivity contribution in [2.45, 2.75) is 114 Å². The van der Waals surface area contributed by atoms with Crippen LogP contribution in [0.2, 0.25) is 16.6 Å². The molecular formula is C24H42Cl2O3Si. The van der Waals surface area contributed by atoms with Gasteiger partial charge in [-0.1, -0.05) is 70.8 Å². The quantitative estimate of drug-likeness (QED) is 0.304. The summed E-state index contributed by atoms with van der Waals surface area (Å²) >= 11 is 12.3. The van der Waals surface area contributed by atoms with Crippen LogP contribution in [-0.4, -0.2) is 37.8 Å². The van der Waals surface area contributed by atoms with Crippen molar-refractivity contribution in [3.63, 3.8) is 0 Å². The van der Waals surface area contributed by atoms with Crippen LogP contribution in [0.1, 0.15) is 80.6 Å². The minimum absolute atomic E-state index is 0.00855. The molecule has 2 saturated carbocycles. The lowest BCUT2D eigenvalue weighted by Gasteiger charge is -2.59. The molecular weight excluding hydrogens is 435 g/mol. The fourth-order valence-corrected chi connectivity index (χ4v) is 12.7. The molecule has 0 aromatic rings. The summed E-state index contributed by atoms with van der Waals surface area (Å²) in [6.45, 7) is 15.9. The number of methoxy groups -OCH3 is 1. The molecule has 0 spiro atoms. The Morgan fingerprint density at radius 1 is 1.13 bits per heavy atom. The number of allylic oxidation sites excluding steroid dienone is 1. The normalized spacial score (nSPS) is 34.0. The Morgan fingerprint density at radius 3 is 2.13 bits per heavy atom. The van der Waals surface area contributed by atoms with Crippen molar-refractivity contribution in [3.05, 3.63) is 22.2 Å². The zero-order valence-corrected chi connectivity index (χ0v) is 22.6. The highest BCUT2D eigenvalue weighted by atomic mass is 35.5. The zero-order valence-electron chi connectivity index (χ0n) is 20.1. The maximum absolute atomic E-state index is 12.2. The van der Waals surface area contributed by atoms with Gasteiger partial charge in [0.2, 0.25) is 8.32 Å². The Balaban J connectivity index is 2.56. The second kappa shape index (κ2) is 9.97. The molecule has 6 heteroatoms. The minimum atomic E-state index is -2.07. The first kappa shape index (κ1) is 26.4. The summed E-state index contributed by atoms with van der Waals surface area (Å²) in [4.78, 5) is 0. The Labute approximate surface area is 195 Å². The van der Waals surface area contributed by atoms with Gasteiger partial charge in [-0.15, -0.1) is 0 Å². The third-order valence-corrected chi connectivity index (χ3v) is 14.4. The third kappa shape index (κ3) is 4.34. The van der Waals surface area contributed by atoms with E-state index < -0.39 is 19.5 Å². The van der Waals surface area contributed by atoms with Crippen LogP contribution in [0.25, 0.3) is 0 Å². The van der Waals surface area contributed by atoms with Crippen LogP contribution >= 0.6 is 23.2 Å². The summed E-state index contributed by atoms with van der Waals surface area (Å²) in [7, 11) is -0.346. The van der Waals surface area contributed by atoms with Crippen LogP contribution in [-0.2, 0) is 9.16 Å². The van der Waals surface area contributed by atoms with Gasteiger partial charge in [-0.25, -0.2) is 0 Å². The molecule has 0 bridgehead atoms. The van der Waals surface area contributed by atoms with Gasteiger partial charge in [-0.05, 0) is 60.9 Å². The van der Waals surface area contributed by atoms with Crippen LogP contribution in [0, 0.1) is 5.92 Å². The van der Waals surface area contributed by atoms with Gasteiger partial charge in [-0.3, -0.25) is 0 Å². The Kier molecular flexibility index (Phi) is 8.77. The first-order chi connectivity index (χ1) is 13.9. The van der Waals surface area contributed by atoms with E-state index in [-0.39, 0.29) is 16.5 Å². The number of hydrogen-bond acceptors (Lipinski definition) is 3. The first-order valence-corrected chi connectivity index (χ1v) is 14.4. The van der Waals surface area contributed by atoms with E-state index >= 15 is 0 Å². The predicted octanol–water partition coefficient (Wildman–Crippen LogP) is 7.52. The number of ether oxygens (including phenoxy) is 1. The van der Waals surface area contributed by atoms with Crippen molar-refractivity contribution in [1.29, 1.82) is 0 Å². The fourth-order valence-electron chi connectivity index (χ4n) is 6.81. The van der Waals surface area contributed by atoms with E-state index in [4.69, 9.17) is 32.4 Å². The number of rotatable bonds is 7. The summed E-state index contributed by atoms with van der Waals surface area (Å²) in [5, 5.41) is 12.2. The molecule has 4 atom stereocenters. The third-order valence-electron chi connectivity index (χ3n) is 7.97. The maximum Gasteiger partial charge on any atom is 0.200 e. The fraction of sp³-hybridized carbons (Fsp3) is 0.833. The average Bonchev–Trinajstić information content (AvgIpc) is 2.65. The largest absolute Gasteiger partial charge is 0.413 e. The van der Waals surface area contributed by atoms with Crippen LogP contribution in [0.5, 0.6) is 0 Å². The van der Waals surface area contributed by atoms with Gasteiger partial charge >= 0.3 is 0 Å². The van der Waals surface area contributed by atoms with Gasteiger partial charge in [0, 0.05) is 25.6 Å². The van der Waals surface area contributed by atoms with E-state index in [1.807, 2.05) is 19.1 Å². The van der Waals surface area contributed by atoms with Gasteiger partial charge < -0.3 is 14.3 Å². The molecule has 2 fully saturated rings. The second-order valence-corrected chi connectivity index (χ2v) is 16.6. The molecule has 3 nitrogen and oxygen atoms in total. The number of fused-ring (bicyclic) bond motifs is 1. The van der Waals surface area contributed by atoms with E-state index in [0.717, 1.165) is 24.8 Å². The van der Waals surface area contributed by atoms with Crippen LogP contribution in [0.15, 0.2) is 22.2 Å².